The van der Waals surface area contributed by atoms with E-state index >= 15 is 0 Å². The number of benzene rings is 1. The fourth-order valence-electron chi connectivity index (χ4n) is 2.67. The number of nitro benzene ring substituents is 1. The van der Waals surface area contributed by atoms with Gasteiger partial charge in [-0.05, 0) is 25.0 Å². The van der Waals surface area contributed by atoms with Crippen LogP contribution in [0.2, 0.25) is 0 Å². The summed E-state index contributed by atoms with van der Waals surface area (Å²) in [7, 11) is 0. The Morgan fingerprint density at radius 2 is 1.86 bits per heavy atom. The van der Waals surface area contributed by atoms with E-state index in [1.807, 2.05) is 0 Å². The molecule has 1 aliphatic carbocycles. The lowest BCUT2D eigenvalue weighted by Crippen LogP contribution is -2.39. The Morgan fingerprint density at radius 1 is 1.19 bits per heavy atom. The largest absolute Gasteiger partial charge is 0.334 e. The Bertz CT molecular complexity index is 644. The molecule has 1 fully saturated rings. The van der Waals surface area contributed by atoms with Crippen molar-refractivity contribution in [2.45, 2.75) is 37.6 Å². The first kappa shape index (κ1) is 13.7. The van der Waals surface area contributed by atoms with Crippen LogP contribution >= 0.6 is 0 Å². The predicted octanol–water partition coefficient (Wildman–Crippen LogP) is 2.76. The maximum Gasteiger partial charge on any atom is 0.269 e. The molecule has 0 aliphatic heterocycles. The summed E-state index contributed by atoms with van der Waals surface area (Å²) in [6.07, 6.45) is 5.03. The van der Waals surface area contributed by atoms with Gasteiger partial charge in [0.25, 0.3) is 11.6 Å². The Kier molecular flexibility index (Phi) is 3.42. The highest BCUT2D eigenvalue weighted by molar-refractivity contribution is 5.55. The molecule has 0 saturated heterocycles. The first-order valence-electron chi connectivity index (χ1n) is 6.96. The van der Waals surface area contributed by atoms with Crippen molar-refractivity contribution in [3.05, 3.63) is 40.2 Å². The monoisotopic (exact) mass is 288 g/mol. The second-order valence-electron chi connectivity index (χ2n) is 5.44. The van der Waals surface area contributed by atoms with E-state index in [4.69, 9.17) is 10.3 Å². The van der Waals surface area contributed by atoms with Gasteiger partial charge in [-0.15, -0.1) is 0 Å². The van der Waals surface area contributed by atoms with Crippen LogP contribution in [0.15, 0.2) is 28.8 Å². The fraction of sp³-hybridized carbons (Fsp3) is 0.429. The van der Waals surface area contributed by atoms with Gasteiger partial charge in [0.2, 0.25) is 0 Å². The third-order valence-corrected chi connectivity index (χ3v) is 3.94. The Labute approximate surface area is 121 Å². The Morgan fingerprint density at radius 3 is 2.48 bits per heavy atom. The van der Waals surface area contributed by atoms with Gasteiger partial charge in [0.1, 0.15) is 0 Å². The van der Waals surface area contributed by atoms with Crippen molar-refractivity contribution < 1.29 is 9.45 Å². The van der Waals surface area contributed by atoms with Gasteiger partial charge in [-0.25, -0.2) is 0 Å². The average molecular weight is 288 g/mol. The van der Waals surface area contributed by atoms with Crippen LogP contribution in [0, 0.1) is 10.1 Å². The number of nitrogens with two attached hydrogens (primary N) is 1. The van der Waals surface area contributed by atoms with E-state index in [-0.39, 0.29) is 5.69 Å². The standard InChI is InChI=1S/C14H16N4O3/c15-14(8-2-1-3-9-14)13-16-12(21-17-13)10-4-6-11(7-5-10)18(19)20/h4-7H,1-3,8-9,15H2. The molecule has 0 unspecified atom stereocenters. The summed E-state index contributed by atoms with van der Waals surface area (Å²) >= 11 is 0. The number of nitro groups is 1. The van der Waals surface area contributed by atoms with E-state index < -0.39 is 10.5 Å². The fourth-order valence-corrected chi connectivity index (χ4v) is 2.67. The Hall–Kier alpha value is -2.28. The van der Waals surface area contributed by atoms with Crippen LogP contribution in [-0.2, 0) is 5.54 Å². The van der Waals surface area contributed by atoms with Crippen LogP contribution in [0.1, 0.15) is 37.9 Å². The zero-order chi connectivity index (χ0) is 14.9. The van der Waals surface area contributed by atoms with Gasteiger partial charge in [-0.2, -0.15) is 4.98 Å². The molecule has 1 aromatic heterocycles. The molecule has 1 aromatic carbocycles. The first-order valence-corrected chi connectivity index (χ1v) is 6.96. The molecule has 1 aliphatic rings. The van der Waals surface area contributed by atoms with E-state index in [0.29, 0.717) is 17.3 Å². The molecule has 0 radical (unpaired) electrons. The van der Waals surface area contributed by atoms with Gasteiger partial charge >= 0.3 is 0 Å². The summed E-state index contributed by atoms with van der Waals surface area (Å²) in [6, 6.07) is 6.02. The molecule has 7 nitrogen and oxygen atoms in total. The normalized spacial score (nSPS) is 17.6. The minimum absolute atomic E-state index is 0.0288. The summed E-state index contributed by atoms with van der Waals surface area (Å²) in [5.74, 6) is 0.867. The lowest BCUT2D eigenvalue weighted by molar-refractivity contribution is -0.384. The topological polar surface area (TPSA) is 108 Å². The van der Waals surface area contributed by atoms with Crippen molar-refractivity contribution in [3.8, 4) is 11.5 Å². The van der Waals surface area contributed by atoms with Gasteiger partial charge in [-0.3, -0.25) is 10.1 Å². The number of non-ortho nitro benzene ring substituents is 1. The molecule has 0 amide bonds. The van der Waals surface area contributed by atoms with Crippen LogP contribution in [0.25, 0.3) is 11.5 Å². The minimum Gasteiger partial charge on any atom is -0.334 e. The molecule has 1 heterocycles. The molecular formula is C14H16N4O3. The van der Waals surface area contributed by atoms with Crippen molar-refractivity contribution in [2.24, 2.45) is 5.73 Å². The van der Waals surface area contributed by atoms with E-state index in [1.165, 1.54) is 18.6 Å². The quantitative estimate of drug-likeness (QED) is 0.687. The zero-order valence-corrected chi connectivity index (χ0v) is 11.5. The van der Waals surface area contributed by atoms with Crippen LogP contribution < -0.4 is 5.73 Å². The molecule has 7 heteroatoms. The molecule has 2 aromatic rings. The number of rotatable bonds is 3. The van der Waals surface area contributed by atoms with E-state index in [2.05, 4.69) is 10.1 Å². The molecule has 3 rings (SSSR count). The number of nitrogens with zero attached hydrogens (tertiary/aromatic N) is 3. The van der Waals surface area contributed by atoms with Crippen molar-refractivity contribution in [1.29, 1.82) is 0 Å². The van der Waals surface area contributed by atoms with Crippen molar-refractivity contribution in [1.82, 2.24) is 10.1 Å². The second-order valence-corrected chi connectivity index (χ2v) is 5.44. The smallest absolute Gasteiger partial charge is 0.269 e. The lowest BCUT2D eigenvalue weighted by Gasteiger charge is -2.29. The third-order valence-electron chi connectivity index (χ3n) is 3.94. The molecule has 21 heavy (non-hydrogen) atoms. The molecular weight excluding hydrogens is 272 g/mol. The van der Waals surface area contributed by atoms with E-state index in [9.17, 15) is 10.1 Å². The summed E-state index contributed by atoms with van der Waals surface area (Å²) in [5.41, 5.74) is 6.53. The first-order chi connectivity index (χ1) is 10.1. The van der Waals surface area contributed by atoms with Crippen LogP contribution in [0.4, 0.5) is 5.69 Å². The van der Waals surface area contributed by atoms with E-state index in [1.54, 1.807) is 12.1 Å². The highest BCUT2D eigenvalue weighted by Crippen LogP contribution is 2.34. The van der Waals surface area contributed by atoms with E-state index in [0.717, 1.165) is 25.7 Å². The maximum atomic E-state index is 10.6. The predicted molar refractivity (Wildman–Crippen MR) is 75.3 cm³/mol. The molecule has 2 N–H and O–H groups in total. The summed E-state index contributed by atoms with van der Waals surface area (Å²) < 4.78 is 5.26. The van der Waals surface area contributed by atoms with Crippen LogP contribution in [0.5, 0.6) is 0 Å². The number of hydrogen-bond donors (Lipinski definition) is 1. The third kappa shape index (κ3) is 2.64. The highest BCUT2D eigenvalue weighted by Gasteiger charge is 2.34. The molecule has 110 valence electrons. The summed E-state index contributed by atoms with van der Waals surface area (Å²) in [6.45, 7) is 0. The van der Waals surface area contributed by atoms with Gasteiger partial charge in [0.05, 0.1) is 10.5 Å². The number of hydrogen-bond acceptors (Lipinski definition) is 6. The SMILES string of the molecule is NC1(c2noc(-c3ccc([N+](=O)[O-])cc3)n2)CCCCC1. The Balaban J connectivity index is 1.85. The number of aromatic nitrogens is 2. The summed E-state index contributed by atoms with van der Waals surface area (Å²) in [4.78, 5) is 14.6. The van der Waals surface area contributed by atoms with Gasteiger partial charge in [0.15, 0.2) is 5.82 Å². The zero-order valence-electron chi connectivity index (χ0n) is 11.5. The van der Waals surface area contributed by atoms with Crippen LogP contribution in [0.3, 0.4) is 0 Å². The molecule has 0 atom stereocenters. The van der Waals surface area contributed by atoms with Crippen molar-refractivity contribution >= 4 is 5.69 Å². The molecule has 0 bridgehead atoms. The van der Waals surface area contributed by atoms with Gasteiger partial charge < -0.3 is 10.3 Å². The second kappa shape index (κ2) is 5.25. The summed E-state index contributed by atoms with van der Waals surface area (Å²) in [5, 5.41) is 14.6. The average Bonchev–Trinajstić information content (AvgIpc) is 2.99. The highest BCUT2D eigenvalue weighted by atomic mass is 16.6. The van der Waals surface area contributed by atoms with Crippen LogP contribution in [-0.4, -0.2) is 15.1 Å². The van der Waals surface area contributed by atoms with Crippen molar-refractivity contribution in [2.75, 3.05) is 0 Å². The maximum absolute atomic E-state index is 10.6. The minimum atomic E-state index is -0.513. The molecule has 1 saturated carbocycles. The van der Waals surface area contributed by atoms with Gasteiger partial charge in [0, 0.05) is 17.7 Å². The molecule has 0 spiro atoms. The van der Waals surface area contributed by atoms with Crippen molar-refractivity contribution in [3.63, 3.8) is 0 Å². The van der Waals surface area contributed by atoms with Gasteiger partial charge in [-0.1, -0.05) is 24.4 Å². The lowest BCUT2D eigenvalue weighted by atomic mass is 9.82.